The zero-order valence-electron chi connectivity index (χ0n) is 13.2. The van der Waals surface area contributed by atoms with Crippen LogP contribution in [0.15, 0.2) is 89.4 Å². The second-order valence-corrected chi connectivity index (χ2v) is 8.01. The number of ketones is 1. The molecular formula is C21H14O3Se. The molecule has 25 heavy (non-hydrogen) atoms. The van der Waals surface area contributed by atoms with Crippen molar-refractivity contribution in [2.75, 3.05) is 0 Å². The monoisotopic (exact) mass is 394 g/mol. The second-order valence-electron chi connectivity index (χ2n) is 5.74. The molecule has 2 aromatic carbocycles. The summed E-state index contributed by atoms with van der Waals surface area (Å²) in [5, 5.41) is 0. The van der Waals surface area contributed by atoms with Crippen molar-refractivity contribution in [3.8, 4) is 0 Å². The van der Waals surface area contributed by atoms with E-state index in [0.717, 1.165) is 15.6 Å². The molecule has 0 saturated carbocycles. The van der Waals surface area contributed by atoms with E-state index < -0.39 is 5.60 Å². The van der Waals surface area contributed by atoms with Crippen molar-refractivity contribution >= 4 is 36.7 Å². The molecular weight excluding hydrogens is 379 g/mol. The summed E-state index contributed by atoms with van der Waals surface area (Å²) in [7, 11) is 0. The van der Waals surface area contributed by atoms with Crippen LogP contribution in [0.25, 0.3) is 5.57 Å². The first-order chi connectivity index (χ1) is 12.2. The first-order valence-electron chi connectivity index (χ1n) is 7.87. The van der Waals surface area contributed by atoms with Crippen molar-refractivity contribution in [2.45, 2.75) is 5.60 Å². The van der Waals surface area contributed by atoms with E-state index in [2.05, 4.69) is 0 Å². The summed E-state index contributed by atoms with van der Waals surface area (Å²) in [5.41, 5.74) is 0.782. The van der Waals surface area contributed by atoms with E-state index in [4.69, 9.17) is 4.74 Å². The number of hydrogen-bond donors (Lipinski definition) is 0. The molecule has 0 saturated heterocycles. The number of carbonyl (C=O) groups is 2. The number of ether oxygens (including phenoxy) is 1. The fourth-order valence-electron chi connectivity index (χ4n) is 2.95. The van der Waals surface area contributed by atoms with E-state index in [1.165, 1.54) is 12.2 Å². The zero-order chi connectivity index (χ0) is 17.3. The van der Waals surface area contributed by atoms with Crippen LogP contribution in [0.4, 0.5) is 0 Å². The summed E-state index contributed by atoms with van der Waals surface area (Å²) in [6.07, 6.45) is 6.30. The number of allylic oxidation sites excluding steroid dienone is 2. The first-order valence-corrected chi connectivity index (χ1v) is 9.58. The fourth-order valence-corrected chi connectivity index (χ4v) is 5.12. The standard InChI is InChI=1S/C21H14O3Se/c22-16-11-13-21(14-12-16)18(15-7-3-1-4-8-15)19(20(23)24-21)25-17-9-5-2-6-10-17/h1-14H. The Morgan fingerprint density at radius 3 is 2.04 bits per heavy atom. The van der Waals surface area contributed by atoms with Gasteiger partial charge in [0.1, 0.15) is 0 Å². The molecule has 0 N–H and O–H groups in total. The van der Waals surface area contributed by atoms with Gasteiger partial charge in [0.05, 0.1) is 0 Å². The third kappa shape index (κ3) is 2.91. The molecule has 1 spiro atoms. The predicted octanol–water partition coefficient (Wildman–Crippen LogP) is 2.42. The molecule has 0 fully saturated rings. The van der Waals surface area contributed by atoms with Crippen LogP contribution in [0.5, 0.6) is 0 Å². The van der Waals surface area contributed by atoms with Gasteiger partial charge < -0.3 is 0 Å². The van der Waals surface area contributed by atoms with Gasteiger partial charge in [0.25, 0.3) is 0 Å². The Balaban J connectivity index is 1.88. The van der Waals surface area contributed by atoms with Gasteiger partial charge in [-0.15, -0.1) is 0 Å². The van der Waals surface area contributed by atoms with Gasteiger partial charge in [0.2, 0.25) is 0 Å². The van der Waals surface area contributed by atoms with E-state index in [1.807, 2.05) is 60.7 Å². The van der Waals surface area contributed by atoms with Crippen LogP contribution in [0, 0.1) is 0 Å². The molecule has 3 nitrogen and oxygen atoms in total. The third-order valence-electron chi connectivity index (χ3n) is 4.08. The second kappa shape index (κ2) is 6.32. The van der Waals surface area contributed by atoms with Crippen LogP contribution in [0.3, 0.4) is 0 Å². The normalized spacial score (nSPS) is 18.1. The number of esters is 1. The van der Waals surface area contributed by atoms with Gasteiger partial charge >= 0.3 is 152 Å². The minimum atomic E-state index is -0.988. The van der Waals surface area contributed by atoms with Crippen LogP contribution < -0.4 is 4.46 Å². The summed E-state index contributed by atoms with van der Waals surface area (Å²) in [4.78, 5) is 24.3. The summed E-state index contributed by atoms with van der Waals surface area (Å²) in [5.74, 6) is -0.414. The molecule has 0 atom stereocenters. The Labute approximate surface area is 151 Å². The van der Waals surface area contributed by atoms with E-state index in [0.29, 0.717) is 4.47 Å². The molecule has 0 bridgehead atoms. The molecule has 2 aliphatic rings. The molecule has 1 heterocycles. The number of carbonyl (C=O) groups excluding carboxylic acids is 2. The van der Waals surface area contributed by atoms with Crippen molar-refractivity contribution in [3.63, 3.8) is 0 Å². The van der Waals surface area contributed by atoms with E-state index >= 15 is 0 Å². The van der Waals surface area contributed by atoms with Gasteiger partial charge in [-0.1, -0.05) is 0 Å². The average Bonchev–Trinajstić information content (AvgIpc) is 2.91. The fraction of sp³-hybridized carbons (Fsp3) is 0.0476. The van der Waals surface area contributed by atoms with Crippen molar-refractivity contribution in [1.82, 2.24) is 0 Å². The predicted molar refractivity (Wildman–Crippen MR) is 97.3 cm³/mol. The Morgan fingerprint density at radius 2 is 1.40 bits per heavy atom. The van der Waals surface area contributed by atoms with Gasteiger partial charge in [-0.3, -0.25) is 0 Å². The Hall–Kier alpha value is -2.68. The van der Waals surface area contributed by atoms with Gasteiger partial charge in [-0.25, -0.2) is 0 Å². The van der Waals surface area contributed by atoms with Gasteiger partial charge in [-0.2, -0.15) is 0 Å². The molecule has 0 radical (unpaired) electrons. The molecule has 1 aliphatic heterocycles. The molecule has 0 unspecified atom stereocenters. The van der Waals surface area contributed by atoms with E-state index in [1.54, 1.807) is 12.2 Å². The quantitative estimate of drug-likeness (QED) is 0.594. The number of benzene rings is 2. The van der Waals surface area contributed by atoms with E-state index in [-0.39, 0.29) is 26.7 Å². The SMILES string of the molecule is O=C1C=CC2(C=C1)OC(=O)C([Se]c1ccccc1)=C2c1ccccc1. The molecule has 2 aromatic rings. The minimum absolute atomic E-state index is 0.101. The average molecular weight is 393 g/mol. The molecule has 4 heteroatoms. The van der Waals surface area contributed by atoms with Crippen LogP contribution in [-0.4, -0.2) is 32.3 Å². The number of rotatable bonds is 3. The van der Waals surface area contributed by atoms with E-state index in [9.17, 15) is 9.59 Å². The zero-order valence-corrected chi connectivity index (χ0v) is 14.9. The molecule has 122 valence electrons. The van der Waals surface area contributed by atoms with Crippen LogP contribution in [0.2, 0.25) is 0 Å². The summed E-state index contributed by atoms with van der Waals surface area (Å²) >= 11 is -0.184. The van der Waals surface area contributed by atoms with Crippen LogP contribution in [0.1, 0.15) is 5.56 Å². The molecule has 0 aromatic heterocycles. The Morgan fingerprint density at radius 1 is 0.800 bits per heavy atom. The summed E-state index contributed by atoms with van der Waals surface area (Å²) in [6.45, 7) is 0. The van der Waals surface area contributed by atoms with Crippen LogP contribution >= 0.6 is 0 Å². The van der Waals surface area contributed by atoms with Gasteiger partial charge in [0, 0.05) is 0 Å². The van der Waals surface area contributed by atoms with Crippen molar-refractivity contribution in [3.05, 3.63) is 95.0 Å². The van der Waals surface area contributed by atoms with Crippen LogP contribution in [-0.2, 0) is 14.3 Å². The molecule has 0 amide bonds. The van der Waals surface area contributed by atoms with Gasteiger partial charge in [0.15, 0.2) is 0 Å². The Kier molecular flexibility index (Phi) is 4.00. The first kappa shape index (κ1) is 15.8. The van der Waals surface area contributed by atoms with Crippen molar-refractivity contribution < 1.29 is 14.3 Å². The molecule has 4 rings (SSSR count). The van der Waals surface area contributed by atoms with Crippen molar-refractivity contribution in [2.24, 2.45) is 0 Å². The summed E-state index contributed by atoms with van der Waals surface area (Å²) < 4.78 is 7.56. The maximum absolute atomic E-state index is 12.7. The van der Waals surface area contributed by atoms with Gasteiger partial charge in [-0.05, 0) is 0 Å². The Bertz CT molecular complexity index is 908. The third-order valence-corrected chi connectivity index (χ3v) is 6.35. The number of hydrogen-bond acceptors (Lipinski definition) is 3. The maximum atomic E-state index is 12.7. The summed E-state index contributed by atoms with van der Waals surface area (Å²) in [6, 6.07) is 19.7. The van der Waals surface area contributed by atoms with Crippen molar-refractivity contribution in [1.29, 1.82) is 0 Å². The molecule has 1 aliphatic carbocycles. The topological polar surface area (TPSA) is 43.4 Å².